The maximum atomic E-state index is 10.6. The SMILES string of the molecule is CCNCc1cc(C(=O)O)ccn1. The Labute approximate surface area is 76.6 Å². The zero-order chi connectivity index (χ0) is 9.68. The Bertz CT molecular complexity index is 299. The summed E-state index contributed by atoms with van der Waals surface area (Å²) in [5, 5.41) is 11.8. The second-order valence-corrected chi connectivity index (χ2v) is 2.62. The van der Waals surface area contributed by atoms with Crippen LogP contribution in [-0.4, -0.2) is 22.6 Å². The largest absolute Gasteiger partial charge is 0.478 e. The van der Waals surface area contributed by atoms with Gasteiger partial charge in [-0.1, -0.05) is 6.92 Å². The number of hydrogen-bond acceptors (Lipinski definition) is 3. The van der Waals surface area contributed by atoms with Crippen LogP contribution >= 0.6 is 0 Å². The van der Waals surface area contributed by atoms with Crippen molar-refractivity contribution >= 4 is 5.97 Å². The first-order valence-electron chi connectivity index (χ1n) is 4.13. The molecule has 0 saturated heterocycles. The zero-order valence-electron chi connectivity index (χ0n) is 7.45. The molecule has 0 aliphatic rings. The highest BCUT2D eigenvalue weighted by molar-refractivity contribution is 5.87. The van der Waals surface area contributed by atoms with Gasteiger partial charge in [0.05, 0.1) is 11.3 Å². The van der Waals surface area contributed by atoms with Gasteiger partial charge >= 0.3 is 5.97 Å². The Hall–Kier alpha value is -1.42. The number of nitrogens with one attached hydrogen (secondary N) is 1. The van der Waals surface area contributed by atoms with Crippen molar-refractivity contribution in [1.82, 2.24) is 10.3 Å². The number of carbonyl (C=O) groups is 1. The highest BCUT2D eigenvalue weighted by Gasteiger charge is 2.02. The third-order valence-electron chi connectivity index (χ3n) is 1.62. The van der Waals surface area contributed by atoms with E-state index in [0.29, 0.717) is 6.54 Å². The minimum atomic E-state index is -0.917. The van der Waals surface area contributed by atoms with Crippen LogP contribution in [-0.2, 0) is 6.54 Å². The third-order valence-corrected chi connectivity index (χ3v) is 1.62. The van der Waals surface area contributed by atoms with Gasteiger partial charge in [0, 0.05) is 12.7 Å². The third kappa shape index (κ3) is 2.83. The lowest BCUT2D eigenvalue weighted by molar-refractivity contribution is 0.0696. The van der Waals surface area contributed by atoms with Crippen molar-refractivity contribution in [3.63, 3.8) is 0 Å². The summed E-state index contributed by atoms with van der Waals surface area (Å²) in [5.74, 6) is -0.917. The number of nitrogens with zero attached hydrogens (tertiary/aromatic N) is 1. The van der Waals surface area contributed by atoms with Crippen molar-refractivity contribution < 1.29 is 9.90 Å². The summed E-state index contributed by atoms with van der Waals surface area (Å²) in [6.45, 7) is 3.44. The van der Waals surface area contributed by atoms with Crippen LogP contribution in [0, 0.1) is 0 Å². The van der Waals surface area contributed by atoms with Gasteiger partial charge in [-0.15, -0.1) is 0 Å². The Morgan fingerprint density at radius 1 is 1.69 bits per heavy atom. The van der Waals surface area contributed by atoms with Gasteiger partial charge in [-0.25, -0.2) is 4.79 Å². The molecule has 0 aromatic carbocycles. The van der Waals surface area contributed by atoms with Crippen molar-refractivity contribution in [2.75, 3.05) is 6.54 Å². The summed E-state index contributed by atoms with van der Waals surface area (Å²) in [4.78, 5) is 14.6. The molecule has 0 radical (unpaired) electrons. The number of aromatic carboxylic acids is 1. The van der Waals surface area contributed by atoms with Gasteiger partial charge in [-0.05, 0) is 18.7 Å². The summed E-state index contributed by atoms with van der Waals surface area (Å²) < 4.78 is 0. The van der Waals surface area contributed by atoms with Crippen LogP contribution in [0.15, 0.2) is 18.3 Å². The molecule has 0 fully saturated rings. The quantitative estimate of drug-likeness (QED) is 0.722. The average molecular weight is 180 g/mol. The molecule has 0 unspecified atom stereocenters. The van der Waals surface area contributed by atoms with E-state index in [4.69, 9.17) is 5.11 Å². The van der Waals surface area contributed by atoms with Crippen LogP contribution in [0.5, 0.6) is 0 Å². The summed E-state index contributed by atoms with van der Waals surface area (Å²) in [6, 6.07) is 3.06. The maximum Gasteiger partial charge on any atom is 0.335 e. The summed E-state index contributed by atoms with van der Waals surface area (Å²) in [7, 11) is 0. The Kier molecular flexibility index (Phi) is 3.40. The number of rotatable bonds is 4. The van der Waals surface area contributed by atoms with Crippen LogP contribution in [0.1, 0.15) is 23.0 Å². The fourth-order valence-electron chi connectivity index (χ4n) is 0.961. The molecule has 0 bridgehead atoms. The number of carboxylic acid groups (broad SMARTS) is 1. The van der Waals surface area contributed by atoms with Crippen molar-refractivity contribution in [2.45, 2.75) is 13.5 Å². The molecule has 0 aliphatic carbocycles. The van der Waals surface area contributed by atoms with Crippen LogP contribution in [0.2, 0.25) is 0 Å². The van der Waals surface area contributed by atoms with E-state index in [-0.39, 0.29) is 5.56 Å². The predicted octanol–water partition coefficient (Wildman–Crippen LogP) is 0.889. The average Bonchev–Trinajstić information content (AvgIpc) is 2.15. The molecule has 0 spiro atoms. The molecule has 0 amide bonds. The van der Waals surface area contributed by atoms with E-state index in [1.807, 2.05) is 6.92 Å². The molecule has 0 atom stereocenters. The molecular formula is C9H12N2O2. The zero-order valence-corrected chi connectivity index (χ0v) is 7.45. The molecule has 2 N–H and O–H groups in total. The number of aromatic nitrogens is 1. The van der Waals surface area contributed by atoms with Gasteiger partial charge in [0.15, 0.2) is 0 Å². The van der Waals surface area contributed by atoms with Gasteiger partial charge in [-0.3, -0.25) is 4.98 Å². The van der Waals surface area contributed by atoms with Gasteiger partial charge in [0.2, 0.25) is 0 Å². The molecular weight excluding hydrogens is 168 g/mol. The second-order valence-electron chi connectivity index (χ2n) is 2.62. The van der Waals surface area contributed by atoms with Crippen LogP contribution < -0.4 is 5.32 Å². The summed E-state index contributed by atoms with van der Waals surface area (Å²) in [5.41, 5.74) is 1.03. The smallest absolute Gasteiger partial charge is 0.335 e. The van der Waals surface area contributed by atoms with E-state index in [1.54, 1.807) is 6.07 Å². The lowest BCUT2D eigenvalue weighted by Crippen LogP contribution is -2.13. The van der Waals surface area contributed by atoms with E-state index in [9.17, 15) is 4.79 Å². The Morgan fingerprint density at radius 3 is 3.08 bits per heavy atom. The topological polar surface area (TPSA) is 62.2 Å². The standard InChI is InChI=1S/C9H12N2O2/c1-2-10-6-8-5-7(9(12)13)3-4-11-8/h3-5,10H,2,6H2,1H3,(H,12,13). The van der Waals surface area contributed by atoms with E-state index in [2.05, 4.69) is 10.3 Å². The molecule has 1 rings (SSSR count). The second kappa shape index (κ2) is 4.57. The maximum absolute atomic E-state index is 10.6. The van der Waals surface area contributed by atoms with Gasteiger partial charge in [0.25, 0.3) is 0 Å². The molecule has 70 valence electrons. The van der Waals surface area contributed by atoms with Crippen molar-refractivity contribution in [2.24, 2.45) is 0 Å². The number of carboxylic acids is 1. The molecule has 4 heteroatoms. The number of pyridine rings is 1. The summed E-state index contributed by atoms with van der Waals surface area (Å²) in [6.07, 6.45) is 1.51. The van der Waals surface area contributed by atoms with Gasteiger partial charge in [-0.2, -0.15) is 0 Å². The van der Waals surface area contributed by atoms with E-state index < -0.39 is 5.97 Å². The fourth-order valence-corrected chi connectivity index (χ4v) is 0.961. The normalized spacial score (nSPS) is 9.92. The fraction of sp³-hybridized carbons (Fsp3) is 0.333. The lowest BCUT2D eigenvalue weighted by Gasteiger charge is -2.01. The minimum absolute atomic E-state index is 0.280. The first-order valence-corrected chi connectivity index (χ1v) is 4.13. The van der Waals surface area contributed by atoms with Crippen molar-refractivity contribution in [1.29, 1.82) is 0 Å². The number of hydrogen-bond donors (Lipinski definition) is 2. The van der Waals surface area contributed by atoms with Gasteiger partial charge in [0.1, 0.15) is 0 Å². The monoisotopic (exact) mass is 180 g/mol. The summed E-state index contributed by atoms with van der Waals surface area (Å²) >= 11 is 0. The van der Waals surface area contributed by atoms with E-state index in [1.165, 1.54) is 12.3 Å². The van der Waals surface area contributed by atoms with Crippen molar-refractivity contribution in [3.8, 4) is 0 Å². The minimum Gasteiger partial charge on any atom is -0.478 e. The van der Waals surface area contributed by atoms with Crippen molar-refractivity contribution in [3.05, 3.63) is 29.6 Å². The molecule has 4 nitrogen and oxygen atoms in total. The molecule has 1 heterocycles. The first-order chi connectivity index (χ1) is 6.24. The molecule has 0 aliphatic heterocycles. The molecule has 13 heavy (non-hydrogen) atoms. The lowest BCUT2D eigenvalue weighted by atomic mass is 10.2. The van der Waals surface area contributed by atoms with Gasteiger partial charge < -0.3 is 10.4 Å². The first kappa shape index (κ1) is 9.67. The highest BCUT2D eigenvalue weighted by Crippen LogP contribution is 2.01. The van der Waals surface area contributed by atoms with Crippen LogP contribution in [0.25, 0.3) is 0 Å². The molecule has 0 saturated carbocycles. The van der Waals surface area contributed by atoms with Crippen LogP contribution in [0.4, 0.5) is 0 Å². The Morgan fingerprint density at radius 2 is 2.46 bits per heavy atom. The predicted molar refractivity (Wildman–Crippen MR) is 48.6 cm³/mol. The highest BCUT2D eigenvalue weighted by atomic mass is 16.4. The van der Waals surface area contributed by atoms with Crippen LogP contribution in [0.3, 0.4) is 0 Å². The van der Waals surface area contributed by atoms with E-state index >= 15 is 0 Å². The van der Waals surface area contributed by atoms with E-state index in [0.717, 1.165) is 12.2 Å². The Balaban J connectivity index is 2.73. The molecule has 1 aromatic heterocycles. The molecule has 1 aromatic rings.